The van der Waals surface area contributed by atoms with Gasteiger partial charge in [0.15, 0.2) is 18.9 Å². The predicted molar refractivity (Wildman–Crippen MR) is 307 cm³/mol. The topological polar surface area (TPSA) is 479 Å². The lowest BCUT2D eigenvalue weighted by atomic mass is 9.83. The summed E-state index contributed by atoms with van der Waals surface area (Å²) in [5.74, 6) is -5.77. The van der Waals surface area contributed by atoms with Crippen LogP contribution < -0.4 is 42.5 Å². The summed E-state index contributed by atoms with van der Waals surface area (Å²) in [4.78, 5) is 105. The van der Waals surface area contributed by atoms with Gasteiger partial charge in [-0.05, 0) is 44.9 Å². The number of aliphatic hydroxyl groups is 9. The Hall–Kier alpha value is -4.88. The first kappa shape index (κ1) is 77.4. The Kier molecular flexibility index (Phi) is 37.1. The molecule has 3 aliphatic rings. The first-order valence-corrected chi connectivity index (χ1v) is 30.4. The van der Waals surface area contributed by atoms with E-state index >= 15 is 0 Å². The summed E-state index contributed by atoms with van der Waals surface area (Å²) >= 11 is 0. The van der Waals surface area contributed by atoms with Crippen LogP contribution in [0.2, 0.25) is 0 Å². The lowest BCUT2D eigenvalue weighted by Gasteiger charge is -2.40. The molecular formula is C56H100N8O24. The van der Waals surface area contributed by atoms with E-state index in [-0.39, 0.29) is 141 Å². The fraction of sp³-hybridized carbons (Fsp3) is 0.857. The number of ether oxygens (including phenoxy) is 7. The number of rotatable bonds is 43. The van der Waals surface area contributed by atoms with Gasteiger partial charge in [-0.2, -0.15) is 0 Å². The van der Waals surface area contributed by atoms with Crippen molar-refractivity contribution < 1.29 is 117 Å². The molecule has 17 N–H and O–H groups in total. The highest BCUT2D eigenvalue weighted by Gasteiger charge is 2.45. The number of aliphatic hydroxyl groups excluding tert-OH is 9. The van der Waals surface area contributed by atoms with Crippen LogP contribution in [-0.4, -0.2) is 272 Å². The molecule has 32 nitrogen and oxygen atoms in total. The molecule has 3 heterocycles. The number of nitrogens with one attached hydrogen (secondary N) is 8. The zero-order valence-corrected chi connectivity index (χ0v) is 51.1. The van der Waals surface area contributed by atoms with Crippen LogP contribution in [-0.2, 0) is 71.5 Å². The van der Waals surface area contributed by atoms with Crippen molar-refractivity contribution in [2.24, 2.45) is 17.8 Å². The van der Waals surface area contributed by atoms with Crippen molar-refractivity contribution in [3.8, 4) is 0 Å². The molecule has 3 rings (SSSR count). The maximum Gasteiger partial charge on any atom is 0.229 e. The maximum atomic E-state index is 13.7. The van der Waals surface area contributed by atoms with Crippen molar-refractivity contribution in [1.82, 2.24) is 42.5 Å². The van der Waals surface area contributed by atoms with Gasteiger partial charge in [0.2, 0.25) is 47.3 Å². The van der Waals surface area contributed by atoms with Gasteiger partial charge in [-0.25, -0.2) is 0 Å². The minimum absolute atomic E-state index is 0.0788. The normalized spacial score (nSPS) is 27.7. The number of methoxy groups -OCH3 is 1. The summed E-state index contributed by atoms with van der Waals surface area (Å²) in [6.07, 6.45) is -14.0. The monoisotopic (exact) mass is 1270 g/mol. The zero-order valence-electron chi connectivity index (χ0n) is 51.1. The molecule has 32 heteroatoms. The van der Waals surface area contributed by atoms with E-state index in [0.717, 1.165) is 0 Å². The second kappa shape index (κ2) is 42.2. The second-order valence-electron chi connectivity index (χ2n) is 22.4. The van der Waals surface area contributed by atoms with E-state index in [1.54, 1.807) is 20.8 Å². The van der Waals surface area contributed by atoms with Crippen LogP contribution in [0.4, 0.5) is 0 Å². The Morgan fingerprint density at radius 1 is 0.375 bits per heavy atom. The van der Waals surface area contributed by atoms with Crippen LogP contribution >= 0.6 is 0 Å². The van der Waals surface area contributed by atoms with Crippen LogP contribution in [0, 0.1) is 17.8 Å². The Morgan fingerprint density at radius 2 is 0.648 bits per heavy atom. The van der Waals surface area contributed by atoms with Crippen LogP contribution in [0.25, 0.3) is 0 Å². The van der Waals surface area contributed by atoms with Crippen LogP contribution in [0.15, 0.2) is 0 Å². The van der Waals surface area contributed by atoms with Crippen molar-refractivity contribution >= 4 is 47.3 Å². The molecule has 3 fully saturated rings. The molecule has 8 amide bonds. The number of carbonyl (C=O) groups excluding carboxylic acids is 8. The first-order valence-electron chi connectivity index (χ1n) is 30.4. The molecule has 0 aromatic heterocycles. The Labute approximate surface area is 512 Å². The summed E-state index contributed by atoms with van der Waals surface area (Å²) in [7, 11) is 1.50. The van der Waals surface area contributed by atoms with Gasteiger partial charge in [-0.1, -0.05) is 20.8 Å². The van der Waals surface area contributed by atoms with Crippen LogP contribution in [0.3, 0.4) is 0 Å². The summed E-state index contributed by atoms with van der Waals surface area (Å²) in [5.41, 5.74) is -1.41. The summed E-state index contributed by atoms with van der Waals surface area (Å²) < 4.78 is 38.4. The van der Waals surface area contributed by atoms with E-state index in [1.165, 1.54) is 7.11 Å². The minimum Gasteiger partial charge on any atom is -0.394 e. The van der Waals surface area contributed by atoms with Gasteiger partial charge in [0.25, 0.3) is 0 Å². The lowest BCUT2D eigenvalue weighted by molar-refractivity contribution is -0.282. The SMILES string of the molecule is COCCCNC(=O)CC(=O)NC(CCC(=O)NCCCNC(=O)CCO[C@@H]1OC(CO)[C@H](O)[C@H](O)C1C)(CCC(=O)NCCCNC(=O)CCO[C@@H]1OC(CO)[C@H](O)[C@H](O)C1C)CCC(=O)NCCCNC(=O)CCO[C@@H]1OC(CO)[C@H](O)[C@H](O)C1C. The van der Waals surface area contributed by atoms with E-state index in [9.17, 15) is 84.3 Å². The highest BCUT2D eigenvalue weighted by atomic mass is 16.7. The molecule has 88 heavy (non-hydrogen) atoms. The molecule has 0 radical (unpaired) electrons. The predicted octanol–water partition coefficient (Wildman–Crippen LogP) is -5.96. The Balaban J connectivity index is 1.59. The molecule has 0 bridgehead atoms. The fourth-order valence-corrected chi connectivity index (χ4v) is 9.81. The largest absolute Gasteiger partial charge is 0.394 e. The standard InChI is InChI=1S/C56H100N8O24/c1-33-47(76)50(79)36(30-65)86-53(33)83-26-12-42(71)60-21-5-18-57-39(68)9-15-56(64-46(75)29-45(74)63-24-8-25-82-4,16-10-40(69)58-19-6-22-61-43(72)13-27-84-54-34(2)48(77)51(80)37(31-66)87-54)17-11-41(70)59-20-7-23-62-44(73)14-28-85-55-35(3)49(78)52(81)38(32-67)88-55/h33-38,47-55,65-67,76-81H,5-32H2,1-4H3,(H,57,68)(H,58,69)(H,59,70)(H,60,71)(H,61,72)(H,62,73)(H,63,74)(H,64,75)/t33?,34?,35?,36?,37?,38?,47-,48-,49-,50+,51+,52+,53-,54-,55-,56?/m1/s1. The number of hydrogen-bond donors (Lipinski definition) is 17. The third kappa shape index (κ3) is 28.1. The molecule has 508 valence electrons. The maximum absolute atomic E-state index is 13.7. The van der Waals surface area contributed by atoms with E-state index in [0.29, 0.717) is 32.3 Å². The molecule has 0 aromatic rings. The quantitative estimate of drug-likeness (QED) is 0.0200. The van der Waals surface area contributed by atoms with Gasteiger partial charge in [0.1, 0.15) is 43.0 Å². The lowest BCUT2D eigenvalue weighted by Crippen LogP contribution is -2.55. The van der Waals surface area contributed by atoms with Crippen molar-refractivity contribution in [2.45, 2.75) is 190 Å². The molecule has 0 aliphatic carbocycles. The van der Waals surface area contributed by atoms with E-state index in [4.69, 9.17) is 33.2 Å². The van der Waals surface area contributed by atoms with Crippen molar-refractivity contribution in [3.63, 3.8) is 0 Å². The van der Waals surface area contributed by atoms with E-state index in [2.05, 4.69) is 42.5 Å². The molecule has 3 saturated heterocycles. The summed E-state index contributed by atoms with van der Waals surface area (Å²) in [5, 5.41) is 111. The molecule has 0 spiro atoms. The average Bonchev–Trinajstić information content (AvgIpc) is 3.67. The van der Waals surface area contributed by atoms with Gasteiger partial charge in [-0.15, -0.1) is 0 Å². The first-order chi connectivity index (χ1) is 42.0. The van der Waals surface area contributed by atoms with Crippen molar-refractivity contribution in [2.75, 3.05) is 99.2 Å². The minimum atomic E-state index is -1.41. The van der Waals surface area contributed by atoms with Gasteiger partial charge >= 0.3 is 0 Å². The van der Waals surface area contributed by atoms with Crippen LogP contribution in [0.1, 0.15) is 111 Å². The third-order valence-electron chi connectivity index (χ3n) is 15.5. The average molecular weight is 1270 g/mol. The molecule has 0 aromatic carbocycles. The summed E-state index contributed by atoms with van der Waals surface area (Å²) in [6, 6.07) is 0. The van der Waals surface area contributed by atoms with Crippen LogP contribution in [0.5, 0.6) is 0 Å². The highest BCUT2D eigenvalue weighted by molar-refractivity contribution is 5.97. The number of amides is 8. The van der Waals surface area contributed by atoms with E-state index in [1.807, 2.05) is 0 Å². The molecule has 0 saturated carbocycles. The molecular weight excluding hydrogens is 1170 g/mol. The summed E-state index contributed by atoms with van der Waals surface area (Å²) in [6.45, 7) is 4.33. The number of carbonyl (C=O) groups is 8. The van der Waals surface area contributed by atoms with E-state index < -0.39 is 153 Å². The molecule has 15 atom stereocenters. The smallest absolute Gasteiger partial charge is 0.229 e. The van der Waals surface area contributed by atoms with Crippen molar-refractivity contribution in [3.05, 3.63) is 0 Å². The molecule has 3 aliphatic heterocycles. The number of hydrogen-bond acceptors (Lipinski definition) is 24. The molecule has 6 unspecified atom stereocenters. The van der Waals surface area contributed by atoms with Gasteiger partial charge in [0.05, 0.1) is 77.2 Å². The third-order valence-corrected chi connectivity index (χ3v) is 15.5. The fourth-order valence-electron chi connectivity index (χ4n) is 9.81. The van der Waals surface area contributed by atoms with Gasteiger partial charge < -0.3 is 122 Å². The Bertz CT molecular complexity index is 1910. The Morgan fingerprint density at radius 3 is 0.932 bits per heavy atom. The van der Waals surface area contributed by atoms with Crippen molar-refractivity contribution in [1.29, 1.82) is 0 Å². The highest BCUT2D eigenvalue weighted by Crippen LogP contribution is 2.30. The second-order valence-corrected chi connectivity index (χ2v) is 22.4. The van der Waals surface area contributed by atoms with Gasteiger partial charge in [-0.3, -0.25) is 38.4 Å². The van der Waals surface area contributed by atoms with Gasteiger partial charge in [0, 0.05) is 102 Å². The zero-order chi connectivity index (χ0) is 65.2.